The Labute approximate surface area is 139 Å². The van der Waals surface area contributed by atoms with Crippen molar-refractivity contribution in [1.29, 1.82) is 0 Å². The van der Waals surface area contributed by atoms with Gasteiger partial charge in [0.25, 0.3) is 0 Å². The van der Waals surface area contributed by atoms with Crippen molar-refractivity contribution >= 4 is 22.5 Å². The fourth-order valence-corrected chi connectivity index (χ4v) is 2.63. The zero-order chi connectivity index (χ0) is 17.1. The van der Waals surface area contributed by atoms with Gasteiger partial charge >= 0.3 is 0 Å². The molecule has 0 atom stereocenters. The Bertz CT molecular complexity index is 908. The molecule has 0 unspecified atom stereocenters. The lowest BCUT2D eigenvalue weighted by Crippen LogP contribution is -2.10. The van der Waals surface area contributed by atoms with Crippen molar-refractivity contribution < 1.29 is 9.18 Å². The molecular weight excluding hydrogens is 305 g/mol. The van der Waals surface area contributed by atoms with Crippen molar-refractivity contribution in [2.24, 2.45) is 0 Å². The molecule has 0 aliphatic rings. The largest absolute Gasteiger partial charge is 0.326 e. The first-order chi connectivity index (χ1) is 11.6. The topological polar surface area (TPSA) is 54.9 Å². The van der Waals surface area contributed by atoms with Gasteiger partial charge in [-0.25, -0.2) is 9.37 Å². The lowest BCUT2D eigenvalue weighted by molar-refractivity contribution is -0.116. The summed E-state index contributed by atoms with van der Waals surface area (Å²) in [5, 5.41) is 3.82. The van der Waals surface area contributed by atoms with E-state index in [1.54, 1.807) is 18.3 Å². The van der Waals surface area contributed by atoms with Crippen molar-refractivity contribution in [3.8, 4) is 11.4 Å². The average molecular weight is 323 g/mol. The SMILES string of the molecule is CCCC(=O)Nc1ccc2c(C)cc(-c3ncccc3F)nc2c1. The van der Waals surface area contributed by atoms with E-state index in [0.29, 0.717) is 23.3 Å². The number of carbonyl (C=O) groups excluding carboxylic acids is 1. The van der Waals surface area contributed by atoms with E-state index in [0.717, 1.165) is 17.4 Å². The molecule has 1 N–H and O–H groups in total. The van der Waals surface area contributed by atoms with E-state index in [4.69, 9.17) is 0 Å². The lowest BCUT2D eigenvalue weighted by Gasteiger charge is -2.09. The number of anilines is 1. The zero-order valence-corrected chi connectivity index (χ0v) is 13.6. The third-order valence-electron chi connectivity index (χ3n) is 3.78. The first kappa shape index (κ1) is 16.1. The molecule has 5 heteroatoms. The summed E-state index contributed by atoms with van der Waals surface area (Å²) < 4.78 is 14.0. The Kier molecular flexibility index (Phi) is 4.51. The van der Waals surface area contributed by atoms with E-state index in [9.17, 15) is 9.18 Å². The van der Waals surface area contributed by atoms with Crippen LogP contribution in [0.25, 0.3) is 22.3 Å². The first-order valence-electron chi connectivity index (χ1n) is 7.90. The van der Waals surface area contributed by atoms with Crippen LogP contribution in [0.4, 0.5) is 10.1 Å². The molecule has 2 aromatic heterocycles. The molecule has 1 amide bonds. The summed E-state index contributed by atoms with van der Waals surface area (Å²) >= 11 is 0. The minimum atomic E-state index is -0.406. The van der Waals surface area contributed by atoms with Gasteiger partial charge in [-0.3, -0.25) is 9.78 Å². The van der Waals surface area contributed by atoms with Gasteiger partial charge in [-0.2, -0.15) is 0 Å². The number of fused-ring (bicyclic) bond motifs is 1. The van der Waals surface area contributed by atoms with Gasteiger partial charge in [0, 0.05) is 23.7 Å². The van der Waals surface area contributed by atoms with Gasteiger partial charge in [-0.1, -0.05) is 13.0 Å². The fraction of sp³-hybridized carbons (Fsp3) is 0.211. The summed E-state index contributed by atoms with van der Waals surface area (Å²) in [4.78, 5) is 20.4. The molecule has 0 bridgehead atoms. The van der Waals surface area contributed by atoms with Crippen LogP contribution in [0.2, 0.25) is 0 Å². The number of hydrogen-bond acceptors (Lipinski definition) is 3. The number of rotatable bonds is 4. The highest BCUT2D eigenvalue weighted by atomic mass is 19.1. The van der Waals surface area contributed by atoms with E-state index in [2.05, 4.69) is 15.3 Å². The van der Waals surface area contributed by atoms with E-state index in [1.807, 2.05) is 32.0 Å². The van der Waals surface area contributed by atoms with Crippen LogP contribution in [0.5, 0.6) is 0 Å². The van der Waals surface area contributed by atoms with Crippen molar-refractivity contribution in [2.75, 3.05) is 5.32 Å². The van der Waals surface area contributed by atoms with E-state index in [-0.39, 0.29) is 11.6 Å². The number of aryl methyl sites for hydroxylation is 1. The minimum Gasteiger partial charge on any atom is -0.326 e. The summed E-state index contributed by atoms with van der Waals surface area (Å²) in [5.41, 5.74) is 3.07. The van der Waals surface area contributed by atoms with Gasteiger partial charge < -0.3 is 5.32 Å². The second-order valence-electron chi connectivity index (χ2n) is 5.69. The van der Waals surface area contributed by atoms with Gasteiger partial charge in [-0.05, 0) is 49.2 Å². The standard InChI is InChI=1S/C19H18FN3O/c1-3-5-18(24)22-13-7-8-14-12(2)10-17(23-16(14)11-13)19-15(20)6-4-9-21-19/h4,6-11H,3,5H2,1-2H3,(H,22,24). The molecule has 122 valence electrons. The summed E-state index contributed by atoms with van der Waals surface area (Å²) in [6.07, 6.45) is 2.81. The highest BCUT2D eigenvalue weighted by Crippen LogP contribution is 2.26. The van der Waals surface area contributed by atoms with Gasteiger partial charge in [0.2, 0.25) is 5.91 Å². The average Bonchev–Trinajstić information content (AvgIpc) is 2.55. The molecule has 0 saturated heterocycles. The van der Waals surface area contributed by atoms with Gasteiger partial charge in [0.1, 0.15) is 5.69 Å². The molecule has 3 rings (SSSR count). The Morgan fingerprint density at radius 1 is 1.25 bits per heavy atom. The monoisotopic (exact) mass is 323 g/mol. The molecule has 0 aliphatic heterocycles. The lowest BCUT2D eigenvalue weighted by atomic mass is 10.1. The van der Waals surface area contributed by atoms with Crippen LogP contribution in [-0.4, -0.2) is 15.9 Å². The first-order valence-corrected chi connectivity index (χ1v) is 7.90. The van der Waals surface area contributed by atoms with Gasteiger partial charge in [0.05, 0.1) is 11.2 Å². The molecule has 0 fully saturated rings. The van der Waals surface area contributed by atoms with Crippen LogP contribution in [0.15, 0.2) is 42.6 Å². The molecule has 4 nitrogen and oxygen atoms in total. The van der Waals surface area contributed by atoms with Crippen molar-refractivity contribution in [2.45, 2.75) is 26.7 Å². The fourth-order valence-electron chi connectivity index (χ4n) is 2.63. The minimum absolute atomic E-state index is 0.0273. The summed E-state index contributed by atoms with van der Waals surface area (Å²) in [6.45, 7) is 3.91. The molecule has 0 spiro atoms. The number of nitrogens with zero attached hydrogens (tertiary/aromatic N) is 2. The third-order valence-corrected chi connectivity index (χ3v) is 3.78. The number of halogens is 1. The number of pyridine rings is 2. The predicted octanol–water partition coefficient (Wildman–Crippen LogP) is 4.48. The van der Waals surface area contributed by atoms with Gasteiger partial charge in [0.15, 0.2) is 5.82 Å². The number of aromatic nitrogens is 2. The Morgan fingerprint density at radius 2 is 2.08 bits per heavy atom. The summed E-state index contributed by atoms with van der Waals surface area (Å²) in [5.74, 6) is -0.434. The Morgan fingerprint density at radius 3 is 2.83 bits per heavy atom. The van der Waals surface area contributed by atoms with Crippen molar-refractivity contribution in [3.63, 3.8) is 0 Å². The maximum Gasteiger partial charge on any atom is 0.224 e. The number of nitrogens with one attached hydrogen (secondary N) is 1. The van der Waals surface area contributed by atoms with Crippen LogP contribution in [0.1, 0.15) is 25.3 Å². The van der Waals surface area contributed by atoms with E-state index in [1.165, 1.54) is 6.07 Å². The molecule has 1 aromatic carbocycles. The molecule has 24 heavy (non-hydrogen) atoms. The number of benzene rings is 1. The van der Waals surface area contributed by atoms with Crippen LogP contribution < -0.4 is 5.32 Å². The smallest absolute Gasteiger partial charge is 0.224 e. The summed E-state index contributed by atoms with van der Waals surface area (Å²) in [6, 6.07) is 10.3. The van der Waals surface area contributed by atoms with Crippen molar-refractivity contribution in [3.05, 3.63) is 54.0 Å². The molecule has 2 heterocycles. The molecule has 0 aliphatic carbocycles. The molecular formula is C19H18FN3O. The molecule has 0 saturated carbocycles. The van der Waals surface area contributed by atoms with E-state index < -0.39 is 5.82 Å². The van der Waals surface area contributed by atoms with Crippen LogP contribution in [-0.2, 0) is 4.79 Å². The number of carbonyl (C=O) groups is 1. The third kappa shape index (κ3) is 3.25. The maximum atomic E-state index is 14.0. The Balaban J connectivity index is 2.05. The Hall–Kier alpha value is -2.82. The number of amides is 1. The number of hydrogen-bond donors (Lipinski definition) is 1. The quantitative estimate of drug-likeness (QED) is 0.770. The normalized spacial score (nSPS) is 10.8. The van der Waals surface area contributed by atoms with E-state index >= 15 is 0 Å². The van der Waals surface area contributed by atoms with Crippen LogP contribution >= 0.6 is 0 Å². The van der Waals surface area contributed by atoms with Crippen LogP contribution in [0, 0.1) is 12.7 Å². The van der Waals surface area contributed by atoms with Crippen molar-refractivity contribution in [1.82, 2.24) is 9.97 Å². The molecule has 3 aromatic rings. The van der Waals surface area contributed by atoms with Crippen LogP contribution in [0.3, 0.4) is 0 Å². The zero-order valence-electron chi connectivity index (χ0n) is 13.6. The second kappa shape index (κ2) is 6.74. The van der Waals surface area contributed by atoms with Gasteiger partial charge in [-0.15, -0.1) is 0 Å². The second-order valence-corrected chi connectivity index (χ2v) is 5.69. The highest BCUT2D eigenvalue weighted by molar-refractivity contribution is 5.94. The molecule has 0 radical (unpaired) electrons. The maximum absolute atomic E-state index is 14.0. The summed E-state index contributed by atoms with van der Waals surface area (Å²) in [7, 11) is 0. The predicted molar refractivity (Wildman–Crippen MR) is 93.2 cm³/mol. The highest BCUT2D eigenvalue weighted by Gasteiger charge is 2.11.